The average Bonchev–Trinajstić information content (AvgIpc) is 3.65. The van der Waals surface area contributed by atoms with E-state index in [9.17, 15) is 9.59 Å². The molecule has 2 aliphatic rings. The van der Waals surface area contributed by atoms with Crippen LogP contribution in [-0.2, 0) is 27.8 Å². The predicted molar refractivity (Wildman–Crippen MR) is 155 cm³/mol. The molecule has 4 rings (SSSR count). The molecule has 11 nitrogen and oxygen atoms in total. The number of ether oxygens (including phenoxy) is 1. The Labute approximate surface area is 241 Å². The number of nitrogens with one attached hydrogen (secondary N) is 4. The summed E-state index contributed by atoms with van der Waals surface area (Å²) in [5.41, 5.74) is 2.38. The van der Waals surface area contributed by atoms with E-state index in [2.05, 4.69) is 31.3 Å². The zero-order valence-corrected chi connectivity index (χ0v) is 24.8. The van der Waals surface area contributed by atoms with E-state index in [-0.39, 0.29) is 37.0 Å². The monoisotopic (exact) mass is 574 g/mol. The Morgan fingerprint density at radius 1 is 1.05 bits per heavy atom. The van der Waals surface area contributed by atoms with Gasteiger partial charge in [-0.05, 0) is 71.6 Å². The smallest absolute Gasteiger partial charge is 0.320 e. The van der Waals surface area contributed by atoms with Gasteiger partial charge in [0.2, 0.25) is 11.9 Å². The van der Waals surface area contributed by atoms with Crippen molar-refractivity contribution in [3.63, 3.8) is 0 Å². The molecule has 1 amide bonds. The molecule has 0 spiro atoms. The van der Waals surface area contributed by atoms with Crippen LogP contribution < -0.4 is 21.3 Å². The van der Waals surface area contributed by atoms with Crippen LogP contribution >= 0.6 is 11.6 Å². The topological polar surface area (TPSA) is 135 Å². The number of carbonyl (C=O) groups is 2. The molecular formula is C28H43ClN8O3. The van der Waals surface area contributed by atoms with Gasteiger partial charge in [-0.1, -0.05) is 11.6 Å². The lowest BCUT2D eigenvalue weighted by Crippen LogP contribution is -2.43. The fourth-order valence-electron chi connectivity index (χ4n) is 4.91. The fourth-order valence-corrected chi connectivity index (χ4v) is 5.10. The van der Waals surface area contributed by atoms with Gasteiger partial charge in [-0.25, -0.2) is 9.97 Å². The molecule has 2 heterocycles. The molecule has 0 radical (unpaired) electrons. The maximum Gasteiger partial charge on any atom is 0.320 e. The number of hydrogen-bond donors (Lipinski definition) is 4. The van der Waals surface area contributed by atoms with Crippen molar-refractivity contribution in [2.24, 2.45) is 13.0 Å². The Balaban J connectivity index is 1.15. The maximum absolute atomic E-state index is 12.2. The van der Waals surface area contributed by atoms with E-state index < -0.39 is 5.60 Å². The zero-order valence-electron chi connectivity index (χ0n) is 24.1. The number of hydrogen-bond acceptors (Lipinski definition) is 9. The van der Waals surface area contributed by atoms with Crippen LogP contribution in [0.5, 0.6) is 0 Å². The van der Waals surface area contributed by atoms with Crippen LogP contribution in [0.4, 0.5) is 5.95 Å². The molecule has 0 unspecified atom stereocenters. The van der Waals surface area contributed by atoms with Gasteiger partial charge in [0.25, 0.3) is 0 Å². The van der Waals surface area contributed by atoms with Crippen LogP contribution in [0.15, 0.2) is 12.4 Å². The third-order valence-electron chi connectivity index (χ3n) is 7.16. The summed E-state index contributed by atoms with van der Waals surface area (Å²) in [6, 6.07) is 0.549. The Bertz CT molecular complexity index is 1150. The number of aryl methyl sites for hydroxylation is 1. The van der Waals surface area contributed by atoms with Gasteiger partial charge in [-0.15, -0.1) is 0 Å². The van der Waals surface area contributed by atoms with Crippen molar-refractivity contribution < 1.29 is 14.3 Å². The first kappa shape index (κ1) is 30.2. The summed E-state index contributed by atoms with van der Waals surface area (Å²) >= 11 is 6.51. The van der Waals surface area contributed by atoms with Gasteiger partial charge in [0, 0.05) is 43.5 Å². The minimum absolute atomic E-state index is 0.0575. The normalized spacial score (nSPS) is 19.3. The van der Waals surface area contributed by atoms with E-state index in [1.54, 1.807) is 6.20 Å². The van der Waals surface area contributed by atoms with Crippen molar-refractivity contribution in [1.82, 2.24) is 35.7 Å². The van der Waals surface area contributed by atoms with Crippen LogP contribution in [0, 0.1) is 5.92 Å². The highest BCUT2D eigenvalue weighted by Crippen LogP contribution is 2.37. The average molecular weight is 575 g/mol. The highest BCUT2D eigenvalue weighted by atomic mass is 35.5. The van der Waals surface area contributed by atoms with Crippen molar-refractivity contribution in [1.29, 1.82) is 0 Å². The lowest BCUT2D eigenvalue weighted by Gasteiger charge is -2.29. The van der Waals surface area contributed by atoms with E-state index in [1.807, 2.05) is 38.7 Å². The van der Waals surface area contributed by atoms with Gasteiger partial charge >= 0.3 is 5.97 Å². The molecule has 0 aliphatic heterocycles. The van der Waals surface area contributed by atoms with E-state index in [0.29, 0.717) is 24.1 Å². The molecule has 12 heteroatoms. The Morgan fingerprint density at radius 2 is 1.77 bits per heavy atom. The second-order valence-corrected chi connectivity index (χ2v) is 12.3. The Hall–Kier alpha value is -2.76. The fraction of sp³-hybridized carbons (Fsp3) is 0.679. The number of carbonyl (C=O) groups excluding carboxylic acids is 2. The first-order valence-corrected chi connectivity index (χ1v) is 14.7. The lowest BCUT2D eigenvalue weighted by atomic mass is 9.91. The minimum atomic E-state index is -0.500. The summed E-state index contributed by atoms with van der Waals surface area (Å²) in [5, 5.41) is 17.7. The summed E-state index contributed by atoms with van der Waals surface area (Å²) in [6.45, 7) is 6.84. The van der Waals surface area contributed by atoms with Crippen LogP contribution in [0.2, 0.25) is 5.02 Å². The molecule has 0 saturated heterocycles. The molecule has 220 valence electrons. The first-order valence-electron chi connectivity index (χ1n) is 14.3. The van der Waals surface area contributed by atoms with Crippen LogP contribution in [-0.4, -0.2) is 75.5 Å². The third kappa shape index (κ3) is 9.42. The zero-order chi connectivity index (χ0) is 28.7. The van der Waals surface area contributed by atoms with Crippen molar-refractivity contribution in [2.75, 3.05) is 31.5 Å². The number of nitrogens with zero attached hydrogens (tertiary/aromatic N) is 4. The molecule has 0 aromatic carbocycles. The van der Waals surface area contributed by atoms with E-state index in [1.165, 1.54) is 18.5 Å². The lowest BCUT2D eigenvalue weighted by molar-refractivity contribution is -0.153. The minimum Gasteiger partial charge on any atom is -0.459 e. The molecule has 2 aromatic rings. The van der Waals surface area contributed by atoms with E-state index in [4.69, 9.17) is 21.3 Å². The third-order valence-corrected chi connectivity index (χ3v) is 7.44. The van der Waals surface area contributed by atoms with Gasteiger partial charge < -0.3 is 26.0 Å². The number of rotatable bonds is 13. The molecular weight excluding hydrogens is 532 g/mol. The summed E-state index contributed by atoms with van der Waals surface area (Å²) in [7, 11) is 1.97. The van der Waals surface area contributed by atoms with Gasteiger partial charge in [-0.2, -0.15) is 5.10 Å². The van der Waals surface area contributed by atoms with E-state index in [0.717, 1.165) is 49.3 Å². The molecule has 2 fully saturated rings. The summed E-state index contributed by atoms with van der Waals surface area (Å²) < 4.78 is 7.17. The second-order valence-electron chi connectivity index (χ2n) is 11.9. The molecule has 2 aromatic heterocycles. The van der Waals surface area contributed by atoms with Crippen LogP contribution in [0.3, 0.4) is 0 Å². The standard InChI is InChI=1S/C28H43ClN8O3/c1-28(2,3)40-25(39)17-30-11-12-31-24(38)16-32-19-7-9-20(10-8-19)35-27-33-15-22(29)26(36-27)21-14-34-37(4)23(21)13-18-5-6-18/h14-15,18-20,30,32H,5-13,16-17H2,1-4H3,(H,31,38)(H,33,35,36)/t19-,20-. The number of esters is 1. The highest BCUT2D eigenvalue weighted by Gasteiger charge is 2.27. The molecule has 2 aliphatic carbocycles. The molecule has 2 saturated carbocycles. The van der Waals surface area contributed by atoms with Crippen molar-refractivity contribution in [2.45, 2.75) is 83.4 Å². The summed E-state index contributed by atoms with van der Waals surface area (Å²) in [4.78, 5) is 33.1. The van der Waals surface area contributed by atoms with Crippen LogP contribution in [0.1, 0.15) is 65.0 Å². The summed E-state index contributed by atoms with van der Waals surface area (Å²) in [6.07, 6.45) is 10.9. The summed E-state index contributed by atoms with van der Waals surface area (Å²) in [5.74, 6) is 0.949. The van der Waals surface area contributed by atoms with Gasteiger partial charge in [0.1, 0.15) is 5.60 Å². The van der Waals surface area contributed by atoms with Gasteiger partial charge in [-0.3, -0.25) is 14.3 Å². The van der Waals surface area contributed by atoms with Crippen LogP contribution in [0.25, 0.3) is 11.3 Å². The van der Waals surface area contributed by atoms with E-state index >= 15 is 0 Å². The number of amides is 1. The molecule has 0 atom stereocenters. The largest absolute Gasteiger partial charge is 0.459 e. The quantitative estimate of drug-likeness (QED) is 0.210. The predicted octanol–water partition coefficient (Wildman–Crippen LogP) is 2.84. The Kier molecular flexibility index (Phi) is 10.4. The van der Waals surface area contributed by atoms with Crippen molar-refractivity contribution in [3.05, 3.63) is 23.1 Å². The number of aromatic nitrogens is 4. The Morgan fingerprint density at radius 3 is 2.48 bits per heavy atom. The first-order chi connectivity index (χ1) is 19.1. The van der Waals surface area contributed by atoms with Gasteiger partial charge in [0.15, 0.2) is 0 Å². The van der Waals surface area contributed by atoms with Gasteiger partial charge in [0.05, 0.1) is 36.2 Å². The number of halogens is 1. The maximum atomic E-state index is 12.2. The highest BCUT2D eigenvalue weighted by molar-refractivity contribution is 6.33. The molecule has 40 heavy (non-hydrogen) atoms. The molecule has 0 bridgehead atoms. The SMILES string of the molecule is Cn1ncc(-c2nc(N[C@H]3CC[C@H](NCC(=O)NCCNCC(=O)OC(C)(C)C)CC3)ncc2Cl)c1CC1CC1. The second kappa shape index (κ2) is 13.7. The van der Waals surface area contributed by atoms with Crippen molar-refractivity contribution in [3.8, 4) is 11.3 Å². The van der Waals surface area contributed by atoms with Crippen molar-refractivity contribution >= 4 is 29.4 Å². The molecule has 4 N–H and O–H groups in total. The number of anilines is 1.